The molecule has 1 nitrogen and oxygen atoms in total. The molecule has 2 aliphatic carbocycles. The summed E-state index contributed by atoms with van der Waals surface area (Å²) >= 11 is -1.87. The minimum atomic E-state index is -1.87. The molecule has 110 valence electrons. The quantitative estimate of drug-likeness (QED) is 0.653. The van der Waals surface area contributed by atoms with Crippen LogP contribution in [0.2, 0.25) is 0 Å². The summed E-state index contributed by atoms with van der Waals surface area (Å²) in [5, 5.41) is 0. The van der Waals surface area contributed by atoms with Gasteiger partial charge in [-0.05, 0) is 0 Å². The fraction of sp³-hybridized carbons (Fsp3) is 0.474. The third-order valence-corrected chi connectivity index (χ3v) is 9.03. The average molecular weight is 345 g/mol. The number of hydrogen-bond acceptors (Lipinski definition) is 1. The van der Waals surface area contributed by atoms with E-state index < -0.39 is 13.8 Å². The molecule has 1 aromatic rings. The summed E-state index contributed by atoms with van der Waals surface area (Å²) in [6.07, 6.45) is 9.60. The first-order valence-electron chi connectivity index (χ1n) is 8.27. The normalized spacial score (nSPS) is 29.1. The molecule has 0 atom stereocenters. The van der Waals surface area contributed by atoms with Crippen molar-refractivity contribution in [3.8, 4) is 0 Å². The van der Waals surface area contributed by atoms with E-state index in [1.807, 2.05) is 0 Å². The van der Waals surface area contributed by atoms with Crippen LogP contribution in [0.1, 0.15) is 62.8 Å². The van der Waals surface area contributed by atoms with Crippen LogP contribution in [-0.4, -0.2) is 13.8 Å². The van der Waals surface area contributed by atoms with Crippen molar-refractivity contribution in [3.63, 3.8) is 0 Å². The predicted molar refractivity (Wildman–Crippen MR) is 86.6 cm³/mol. The zero-order valence-corrected chi connectivity index (χ0v) is 14.2. The van der Waals surface area contributed by atoms with E-state index in [1.54, 1.807) is 11.1 Å². The molecule has 0 saturated heterocycles. The van der Waals surface area contributed by atoms with E-state index in [0.29, 0.717) is 5.92 Å². The van der Waals surface area contributed by atoms with Crippen molar-refractivity contribution < 1.29 is 3.83 Å². The SMILES string of the molecule is O=[Se]1C2=C(CCCC2)C(c2ccccc2)C2=C1CCCC2. The molecule has 4 rings (SSSR count). The second kappa shape index (κ2) is 5.66. The van der Waals surface area contributed by atoms with E-state index in [2.05, 4.69) is 30.3 Å². The Morgan fingerprint density at radius 3 is 1.86 bits per heavy atom. The molecule has 1 heterocycles. The van der Waals surface area contributed by atoms with Crippen molar-refractivity contribution >= 4 is 13.8 Å². The molecule has 1 aliphatic heterocycles. The molecule has 0 unspecified atom stereocenters. The van der Waals surface area contributed by atoms with Gasteiger partial charge < -0.3 is 0 Å². The Labute approximate surface area is 131 Å². The van der Waals surface area contributed by atoms with Crippen molar-refractivity contribution in [1.82, 2.24) is 0 Å². The van der Waals surface area contributed by atoms with Crippen LogP contribution in [0.15, 0.2) is 50.4 Å². The summed E-state index contributed by atoms with van der Waals surface area (Å²) in [5.74, 6) is 0.464. The molecule has 21 heavy (non-hydrogen) atoms. The first kappa shape index (κ1) is 13.7. The molecule has 1 aromatic carbocycles. The van der Waals surface area contributed by atoms with Gasteiger partial charge in [-0.15, -0.1) is 0 Å². The van der Waals surface area contributed by atoms with E-state index in [9.17, 15) is 3.83 Å². The van der Waals surface area contributed by atoms with Crippen LogP contribution in [0.25, 0.3) is 0 Å². The van der Waals surface area contributed by atoms with Crippen LogP contribution < -0.4 is 0 Å². The molecule has 0 radical (unpaired) electrons. The fourth-order valence-corrected chi connectivity index (χ4v) is 8.17. The number of allylic oxidation sites excluding steroid dienone is 4. The Kier molecular flexibility index (Phi) is 3.69. The van der Waals surface area contributed by atoms with Crippen LogP contribution in [-0.2, 0) is 3.83 Å². The third-order valence-electron chi connectivity index (χ3n) is 5.19. The zero-order valence-electron chi connectivity index (χ0n) is 12.4. The Morgan fingerprint density at radius 1 is 0.762 bits per heavy atom. The Hall–Kier alpha value is -0.981. The first-order chi connectivity index (χ1) is 10.4. The molecule has 3 aliphatic rings. The molecule has 0 saturated carbocycles. The van der Waals surface area contributed by atoms with E-state index in [4.69, 9.17) is 0 Å². The summed E-state index contributed by atoms with van der Waals surface area (Å²) in [6, 6.07) is 11.0. The summed E-state index contributed by atoms with van der Waals surface area (Å²) in [4.78, 5) is 0. The van der Waals surface area contributed by atoms with Gasteiger partial charge in [0.25, 0.3) is 0 Å². The third kappa shape index (κ3) is 2.29. The number of benzene rings is 1. The molecule has 0 N–H and O–H groups in total. The summed E-state index contributed by atoms with van der Waals surface area (Å²) < 4.78 is 15.8. The maximum absolute atomic E-state index is 13.1. The minimum absolute atomic E-state index is 0.464. The second-order valence-corrected chi connectivity index (χ2v) is 9.62. The molecule has 0 aromatic heterocycles. The van der Waals surface area contributed by atoms with Gasteiger partial charge >= 0.3 is 131 Å². The predicted octanol–water partition coefficient (Wildman–Crippen LogP) is 5.03. The van der Waals surface area contributed by atoms with Gasteiger partial charge in [0.05, 0.1) is 0 Å². The molecule has 0 amide bonds. The van der Waals surface area contributed by atoms with Gasteiger partial charge in [0.2, 0.25) is 0 Å². The van der Waals surface area contributed by atoms with Crippen LogP contribution >= 0.6 is 0 Å². The summed E-state index contributed by atoms with van der Waals surface area (Å²) in [7, 11) is 0. The van der Waals surface area contributed by atoms with Gasteiger partial charge in [-0.2, -0.15) is 0 Å². The van der Waals surface area contributed by atoms with Crippen molar-refractivity contribution in [2.24, 2.45) is 0 Å². The molecule has 0 spiro atoms. The second-order valence-electron chi connectivity index (χ2n) is 6.42. The molecular weight excluding hydrogens is 323 g/mol. The molecule has 2 heteroatoms. The molecular formula is C19H22OSe. The van der Waals surface area contributed by atoms with E-state index >= 15 is 0 Å². The number of rotatable bonds is 1. The van der Waals surface area contributed by atoms with Gasteiger partial charge in [0.15, 0.2) is 0 Å². The zero-order chi connectivity index (χ0) is 14.2. The van der Waals surface area contributed by atoms with Crippen LogP contribution in [0.3, 0.4) is 0 Å². The Balaban J connectivity index is 1.88. The molecule has 0 bridgehead atoms. The number of hydrogen-bond donors (Lipinski definition) is 0. The van der Waals surface area contributed by atoms with Gasteiger partial charge in [0, 0.05) is 0 Å². The van der Waals surface area contributed by atoms with Gasteiger partial charge in [-0.1, -0.05) is 0 Å². The van der Waals surface area contributed by atoms with Crippen molar-refractivity contribution in [2.75, 3.05) is 0 Å². The monoisotopic (exact) mass is 346 g/mol. The summed E-state index contributed by atoms with van der Waals surface area (Å²) in [6.45, 7) is 0. The van der Waals surface area contributed by atoms with Crippen LogP contribution in [0.5, 0.6) is 0 Å². The maximum atomic E-state index is 13.1. The van der Waals surface area contributed by atoms with Crippen molar-refractivity contribution in [2.45, 2.75) is 57.3 Å². The first-order valence-corrected chi connectivity index (χ1v) is 10.7. The van der Waals surface area contributed by atoms with Crippen LogP contribution in [0, 0.1) is 0 Å². The van der Waals surface area contributed by atoms with Crippen molar-refractivity contribution in [3.05, 3.63) is 56.0 Å². The van der Waals surface area contributed by atoms with Gasteiger partial charge in [-0.3, -0.25) is 0 Å². The van der Waals surface area contributed by atoms with Gasteiger partial charge in [-0.25, -0.2) is 0 Å². The van der Waals surface area contributed by atoms with Crippen molar-refractivity contribution in [1.29, 1.82) is 0 Å². The topological polar surface area (TPSA) is 17.1 Å². The Morgan fingerprint density at radius 2 is 1.29 bits per heavy atom. The van der Waals surface area contributed by atoms with E-state index in [-0.39, 0.29) is 0 Å². The molecule has 0 fully saturated rings. The van der Waals surface area contributed by atoms with Gasteiger partial charge in [0.1, 0.15) is 0 Å². The Bertz CT molecular complexity index is 603. The average Bonchev–Trinajstić information content (AvgIpc) is 2.56. The standard InChI is InChI=1S/C19H22OSe/c20-21-17-12-6-4-10-15(17)19(14-8-2-1-3-9-14)16-11-5-7-13-18(16)21/h1-3,8-9,19H,4-7,10-13H2. The summed E-state index contributed by atoms with van der Waals surface area (Å²) in [5.41, 5.74) is 4.53. The van der Waals surface area contributed by atoms with E-state index in [0.717, 1.165) is 12.8 Å². The van der Waals surface area contributed by atoms with Crippen LogP contribution in [0.4, 0.5) is 0 Å². The fourth-order valence-electron chi connectivity index (χ4n) is 4.24. The van der Waals surface area contributed by atoms with E-state index in [1.165, 1.54) is 53.0 Å².